The van der Waals surface area contributed by atoms with Crippen molar-refractivity contribution in [2.24, 2.45) is 0 Å². The predicted molar refractivity (Wildman–Crippen MR) is 70.2 cm³/mol. The Morgan fingerprint density at radius 1 is 1.56 bits per heavy atom. The second kappa shape index (κ2) is 5.59. The normalized spacial score (nSPS) is 21.6. The fraction of sp³-hybridized carbons (Fsp3) is 0.727. The topological polar surface area (TPSA) is 55.2 Å². The third kappa shape index (κ3) is 2.55. The number of hydrogen-bond donors (Lipinski definition) is 0. The Balaban J connectivity index is 2.24. The number of rotatable bonds is 5. The standard InChI is InChI=1S/C11H18ClN3O2S/c1-2-10-4-3-6-15(10)18(16,17)11-8-13-14(9-11)7-5-12/h8-10H,2-7H2,1H3. The van der Waals surface area contributed by atoms with Crippen molar-refractivity contribution in [1.29, 1.82) is 0 Å². The van der Waals surface area contributed by atoms with E-state index in [1.165, 1.54) is 6.20 Å². The summed E-state index contributed by atoms with van der Waals surface area (Å²) in [6, 6.07) is 0.131. The van der Waals surface area contributed by atoms with Crippen LogP contribution in [0.3, 0.4) is 0 Å². The molecule has 0 bridgehead atoms. The summed E-state index contributed by atoms with van der Waals surface area (Å²) in [4.78, 5) is 0.271. The van der Waals surface area contributed by atoms with Gasteiger partial charge in [-0.1, -0.05) is 6.92 Å². The van der Waals surface area contributed by atoms with E-state index in [9.17, 15) is 8.42 Å². The van der Waals surface area contributed by atoms with E-state index < -0.39 is 10.0 Å². The van der Waals surface area contributed by atoms with Gasteiger partial charge in [0.05, 0.1) is 12.7 Å². The molecule has 1 aromatic rings. The number of sulfonamides is 1. The first kappa shape index (κ1) is 13.8. The van der Waals surface area contributed by atoms with Gasteiger partial charge in [0, 0.05) is 24.7 Å². The predicted octanol–water partition coefficient (Wildman–Crippen LogP) is 1.68. The summed E-state index contributed by atoms with van der Waals surface area (Å²) in [7, 11) is -3.39. The Kier molecular flexibility index (Phi) is 4.29. The highest BCUT2D eigenvalue weighted by Crippen LogP contribution is 2.27. The smallest absolute Gasteiger partial charge is 0.246 e. The molecule has 1 aliphatic heterocycles. The molecule has 0 spiro atoms. The van der Waals surface area contributed by atoms with E-state index in [0.717, 1.165) is 19.3 Å². The molecule has 2 heterocycles. The van der Waals surface area contributed by atoms with Gasteiger partial charge in [-0.25, -0.2) is 8.42 Å². The van der Waals surface area contributed by atoms with Crippen molar-refractivity contribution in [3.8, 4) is 0 Å². The number of nitrogens with zero attached hydrogens (tertiary/aromatic N) is 3. The molecule has 0 radical (unpaired) electrons. The average Bonchev–Trinajstić information content (AvgIpc) is 2.97. The van der Waals surface area contributed by atoms with Crippen LogP contribution in [-0.2, 0) is 16.6 Å². The number of halogens is 1. The fourth-order valence-electron chi connectivity index (χ4n) is 2.36. The van der Waals surface area contributed by atoms with Crippen LogP contribution in [0.15, 0.2) is 17.3 Å². The van der Waals surface area contributed by atoms with Crippen LogP contribution in [0.4, 0.5) is 0 Å². The summed E-state index contributed by atoms with van der Waals surface area (Å²) in [6.45, 7) is 3.16. The van der Waals surface area contributed by atoms with Crippen molar-refractivity contribution in [2.45, 2.75) is 43.7 Å². The van der Waals surface area contributed by atoms with Gasteiger partial charge in [0.2, 0.25) is 10.0 Å². The molecule has 0 aliphatic carbocycles. The maximum absolute atomic E-state index is 12.5. The molecule has 1 fully saturated rings. The summed E-state index contributed by atoms with van der Waals surface area (Å²) in [6.07, 6.45) is 5.71. The van der Waals surface area contributed by atoms with Gasteiger partial charge in [0.25, 0.3) is 0 Å². The minimum atomic E-state index is -3.39. The molecule has 1 unspecified atom stereocenters. The third-order valence-electron chi connectivity index (χ3n) is 3.32. The van der Waals surface area contributed by atoms with E-state index in [1.54, 1.807) is 15.2 Å². The molecule has 1 aliphatic rings. The Bertz CT molecular complexity index is 500. The van der Waals surface area contributed by atoms with Gasteiger partial charge >= 0.3 is 0 Å². The van der Waals surface area contributed by atoms with E-state index in [-0.39, 0.29) is 10.9 Å². The highest BCUT2D eigenvalue weighted by Gasteiger charge is 2.34. The summed E-state index contributed by atoms with van der Waals surface area (Å²) in [5, 5.41) is 4.02. The quantitative estimate of drug-likeness (QED) is 0.776. The summed E-state index contributed by atoms with van der Waals surface area (Å²) in [5.41, 5.74) is 0. The van der Waals surface area contributed by atoms with Crippen molar-refractivity contribution in [1.82, 2.24) is 14.1 Å². The first-order valence-electron chi connectivity index (χ1n) is 6.20. The summed E-state index contributed by atoms with van der Waals surface area (Å²) >= 11 is 5.61. The molecule has 0 aromatic carbocycles. The largest absolute Gasteiger partial charge is 0.270 e. The molecule has 18 heavy (non-hydrogen) atoms. The highest BCUT2D eigenvalue weighted by atomic mass is 35.5. The lowest BCUT2D eigenvalue weighted by atomic mass is 10.2. The molecule has 2 rings (SSSR count). The van der Waals surface area contributed by atoms with Crippen molar-refractivity contribution in [3.05, 3.63) is 12.4 Å². The third-order valence-corrected chi connectivity index (χ3v) is 5.40. The van der Waals surface area contributed by atoms with Crippen LogP contribution in [0, 0.1) is 0 Å². The number of aryl methyl sites for hydroxylation is 1. The van der Waals surface area contributed by atoms with Crippen LogP contribution < -0.4 is 0 Å². The first-order chi connectivity index (χ1) is 8.59. The second-order valence-electron chi connectivity index (χ2n) is 4.45. The zero-order valence-electron chi connectivity index (χ0n) is 10.4. The van der Waals surface area contributed by atoms with Gasteiger partial charge in [-0.3, -0.25) is 4.68 Å². The zero-order valence-corrected chi connectivity index (χ0v) is 12.0. The van der Waals surface area contributed by atoms with Crippen LogP contribution in [0.2, 0.25) is 0 Å². The second-order valence-corrected chi connectivity index (χ2v) is 6.72. The molecule has 0 N–H and O–H groups in total. The van der Waals surface area contributed by atoms with E-state index in [2.05, 4.69) is 5.10 Å². The molecule has 1 aromatic heterocycles. The van der Waals surface area contributed by atoms with Gasteiger partial charge in [-0.2, -0.15) is 9.40 Å². The fourth-order valence-corrected chi connectivity index (χ4v) is 4.25. The molecular formula is C11H18ClN3O2S. The Morgan fingerprint density at radius 2 is 2.33 bits per heavy atom. The zero-order chi connectivity index (χ0) is 13.2. The van der Waals surface area contributed by atoms with Crippen molar-refractivity contribution >= 4 is 21.6 Å². The van der Waals surface area contributed by atoms with Crippen LogP contribution in [-0.4, -0.2) is 41.0 Å². The first-order valence-corrected chi connectivity index (χ1v) is 8.17. The molecule has 0 saturated carbocycles. The van der Waals surface area contributed by atoms with Crippen LogP contribution in [0.1, 0.15) is 26.2 Å². The SMILES string of the molecule is CCC1CCCN1S(=O)(=O)c1cnn(CCCl)c1. The van der Waals surface area contributed by atoms with E-state index in [4.69, 9.17) is 11.6 Å². The van der Waals surface area contributed by atoms with E-state index in [1.807, 2.05) is 6.92 Å². The van der Waals surface area contributed by atoms with Crippen LogP contribution >= 0.6 is 11.6 Å². The molecule has 1 saturated heterocycles. The molecule has 0 amide bonds. The molecular weight excluding hydrogens is 274 g/mol. The van der Waals surface area contributed by atoms with E-state index in [0.29, 0.717) is 19.0 Å². The van der Waals surface area contributed by atoms with Gasteiger partial charge < -0.3 is 0 Å². The Labute approximate surface area is 113 Å². The molecule has 1 atom stereocenters. The summed E-state index contributed by atoms with van der Waals surface area (Å²) < 4.78 is 28.1. The highest BCUT2D eigenvalue weighted by molar-refractivity contribution is 7.89. The number of alkyl halides is 1. The average molecular weight is 292 g/mol. The van der Waals surface area contributed by atoms with E-state index >= 15 is 0 Å². The molecule has 5 nitrogen and oxygen atoms in total. The van der Waals surface area contributed by atoms with Gasteiger partial charge in [-0.05, 0) is 19.3 Å². The number of hydrogen-bond acceptors (Lipinski definition) is 3. The Morgan fingerprint density at radius 3 is 3.00 bits per heavy atom. The van der Waals surface area contributed by atoms with Crippen molar-refractivity contribution in [3.63, 3.8) is 0 Å². The minimum Gasteiger partial charge on any atom is -0.270 e. The summed E-state index contributed by atoms with van der Waals surface area (Å²) in [5.74, 6) is 0.419. The van der Waals surface area contributed by atoms with Gasteiger partial charge in [-0.15, -0.1) is 11.6 Å². The van der Waals surface area contributed by atoms with Gasteiger partial charge in [0.1, 0.15) is 4.90 Å². The van der Waals surface area contributed by atoms with Gasteiger partial charge in [0.15, 0.2) is 0 Å². The Hall–Kier alpha value is -0.590. The van der Waals surface area contributed by atoms with Crippen molar-refractivity contribution < 1.29 is 8.42 Å². The minimum absolute atomic E-state index is 0.131. The van der Waals surface area contributed by atoms with Crippen LogP contribution in [0.25, 0.3) is 0 Å². The monoisotopic (exact) mass is 291 g/mol. The lowest BCUT2D eigenvalue weighted by Crippen LogP contribution is -2.34. The van der Waals surface area contributed by atoms with Crippen LogP contribution in [0.5, 0.6) is 0 Å². The maximum Gasteiger partial charge on any atom is 0.246 e. The van der Waals surface area contributed by atoms with Crippen molar-refractivity contribution in [2.75, 3.05) is 12.4 Å². The molecule has 102 valence electrons. The lowest BCUT2D eigenvalue weighted by molar-refractivity contribution is 0.379. The maximum atomic E-state index is 12.5. The molecule has 7 heteroatoms. The lowest BCUT2D eigenvalue weighted by Gasteiger charge is -2.21. The number of aromatic nitrogens is 2.